The van der Waals surface area contributed by atoms with E-state index in [0.717, 1.165) is 24.8 Å². The van der Waals surface area contributed by atoms with E-state index in [-0.39, 0.29) is 11.9 Å². The quantitative estimate of drug-likeness (QED) is 0.733. The van der Waals surface area contributed by atoms with Crippen molar-refractivity contribution in [3.63, 3.8) is 0 Å². The van der Waals surface area contributed by atoms with Crippen LogP contribution in [-0.4, -0.2) is 50.2 Å². The van der Waals surface area contributed by atoms with Gasteiger partial charge in [0, 0.05) is 39.9 Å². The molecule has 2 rings (SSSR count). The minimum absolute atomic E-state index is 0.00922. The summed E-state index contributed by atoms with van der Waals surface area (Å²) in [5.41, 5.74) is 1.73. The molecule has 26 heavy (non-hydrogen) atoms. The van der Waals surface area contributed by atoms with Crippen molar-refractivity contribution in [2.24, 2.45) is 5.41 Å². The van der Waals surface area contributed by atoms with Gasteiger partial charge in [-0.2, -0.15) is 0 Å². The van der Waals surface area contributed by atoms with Gasteiger partial charge in [-0.1, -0.05) is 29.8 Å². The molecule has 144 valence electrons. The van der Waals surface area contributed by atoms with Crippen molar-refractivity contribution in [2.75, 3.05) is 33.4 Å². The molecule has 1 fully saturated rings. The van der Waals surface area contributed by atoms with E-state index in [2.05, 4.69) is 10.6 Å². The van der Waals surface area contributed by atoms with Gasteiger partial charge in [0.15, 0.2) is 0 Å². The molecule has 1 saturated heterocycles. The van der Waals surface area contributed by atoms with Crippen LogP contribution in [0.5, 0.6) is 0 Å². The number of urea groups is 1. The van der Waals surface area contributed by atoms with Crippen LogP contribution in [0.15, 0.2) is 24.3 Å². The first-order valence-corrected chi connectivity index (χ1v) is 9.30. The molecule has 1 atom stereocenters. The van der Waals surface area contributed by atoms with E-state index in [4.69, 9.17) is 4.74 Å². The summed E-state index contributed by atoms with van der Waals surface area (Å²) in [5, 5.41) is 5.94. The maximum atomic E-state index is 12.7. The van der Waals surface area contributed by atoms with Gasteiger partial charge in [-0.15, -0.1) is 0 Å². The van der Waals surface area contributed by atoms with Crippen molar-refractivity contribution >= 4 is 11.9 Å². The largest absolute Gasteiger partial charge is 0.385 e. The third kappa shape index (κ3) is 5.73. The molecule has 0 spiro atoms. The maximum Gasteiger partial charge on any atom is 0.317 e. The number of hydrogen-bond acceptors (Lipinski definition) is 3. The molecule has 2 N–H and O–H groups in total. The number of carbonyl (C=O) groups is 2. The monoisotopic (exact) mass is 361 g/mol. The maximum absolute atomic E-state index is 12.7. The van der Waals surface area contributed by atoms with Gasteiger partial charge in [-0.3, -0.25) is 4.79 Å². The second-order valence-corrected chi connectivity index (χ2v) is 7.33. The molecule has 1 heterocycles. The Kier molecular flexibility index (Phi) is 7.45. The molecule has 3 amide bonds. The van der Waals surface area contributed by atoms with Crippen LogP contribution in [0.4, 0.5) is 4.79 Å². The van der Waals surface area contributed by atoms with Crippen molar-refractivity contribution in [1.82, 2.24) is 15.5 Å². The summed E-state index contributed by atoms with van der Waals surface area (Å²) >= 11 is 0. The predicted molar refractivity (Wildman–Crippen MR) is 102 cm³/mol. The minimum Gasteiger partial charge on any atom is -0.385 e. The fraction of sp³-hybridized carbons (Fsp3) is 0.600. The molecule has 6 nitrogen and oxygen atoms in total. The van der Waals surface area contributed by atoms with Crippen molar-refractivity contribution in [1.29, 1.82) is 0 Å². The summed E-state index contributed by atoms with van der Waals surface area (Å²) in [4.78, 5) is 26.8. The topological polar surface area (TPSA) is 70.7 Å². The van der Waals surface area contributed by atoms with E-state index in [0.29, 0.717) is 32.8 Å². The summed E-state index contributed by atoms with van der Waals surface area (Å²) in [6, 6.07) is 8.04. The predicted octanol–water partition coefficient (Wildman–Crippen LogP) is 2.46. The van der Waals surface area contributed by atoms with Crippen LogP contribution in [0.25, 0.3) is 0 Å². The first-order valence-electron chi connectivity index (χ1n) is 9.30. The summed E-state index contributed by atoms with van der Waals surface area (Å²) in [6.07, 6.45) is 2.41. The van der Waals surface area contributed by atoms with E-state index in [1.807, 2.05) is 38.1 Å². The van der Waals surface area contributed by atoms with Crippen LogP contribution >= 0.6 is 0 Å². The molecule has 0 bridgehead atoms. The van der Waals surface area contributed by atoms with Crippen molar-refractivity contribution in [2.45, 2.75) is 39.7 Å². The van der Waals surface area contributed by atoms with Gasteiger partial charge in [-0.25, -0.2) is 4.79 Å². The lowest BCUT2D eigenvalue weighted by molar-refractivity contribution is -0.132. The third-order valence-electron chi connectivity index (χ3n) is 4.91. The van der Waals surface area contributed by atoms with Gasteiger partial charge in [0.2, 0.25) is 5.91 Å². The van der Waals surface area contributed by atoms with Gasteiger partial charge in [0.05, 0.1) is 5.41 Å². The number of likely N-dealkylation sites (tertiary alicyclic amines) is 1. The standard InChI is InChI=1S/C20H31N3O3/c1-16-6-8-17(9-7-16)14-22-18(24)20(2)10-4-12-23(15-20)19(25)21-11-5-13-26-3/h6-9H,4-5,10-15H2,1-3H3,(H,21,25)(H,22,24)/t20-/m0/s1. The molecular formula is C20H31N3O3. The SMILES string of the molecule is COCCCNC(=O)N1CCC[C@](C)(C(=O)NCc2ccc(C)cc2)C1. The highest BCUT2D eigenvalue weighted by atomic mass is 16.5. The van der Waals surface area contributed by atoms with Crippen LogP contribution < -0.4 is 10.6 Å². The average Bonchev–Trinajstić information content (AvgIpc) is 2.64. The Balaban J connectivity index is 1.85. The zero-order valence-corrected chi connectivity index (χ0v) is 16.1. The number of ether oxygens (including phenoxy) is 1. The normalized spacial score (nSPS) is 19.9. The zero-order chi connectivity index (χ0) is 19.0. The molecule has 6 heteroatoms. The highest BCUT2D eigenvalue weighted by molar-refractivity contribution is 5.84. The van der Waals surface area contributed by atoms with Crippen molar-refractivity contribution < 1.29 is 14.3 Å². The lowest BCUT2D eigenvalue weighted by Crippen LogP contribution is -2.54. The number of amides is 3. The fourth-order valence-electron chi connectivity index (χ4n) is 3.22. The molecule has 0 aliphatic carbocycles. The van der Waals surface area contributed by atoms with E-state index in [9.17, 15) is 9.59 Å². The number of carbonyl (C=O) groups excluding carboxylic acids is 2. The van der Waals surface area contributed by atoms with Gasteiger partial charge in [0.25, 0.3) is 0 Å². The van der Waals surface area contributed by atoms with E-state index < -0.39 is 5.41 Å². The summed E-state index contributed by atoms with van der Waals surface area (Å²) < 4.78 is 4.99. The Labute approximate surface area is 156 Å². The number of nitrogens with one attached hydrogen (secondary N) is 2. The van der Waals surface area contributed by atoms with Crippen LogP contribution in [0, 0.1) is 12.3 Å². The van der Waals surface area contributed by atoms with Gasteiger partial charge >= 0.3 is 6.03 Å². The Hall–Kier alpha value is -2.08. The first kappa shape index (κ1) is 20.2. The fourth-order valence-corrected chi connectivity index (χ4v) is 3.22. The second kappa shape index (κ2) is 9.57. The van der Waals surface area contributed by atoms with Gasteiger partial charge in [0.1, 0.15) is 0 Å². The van der Waals surface area contributed by atoms with E-state index in [1.54, 1.807) is 12.0 Å². The summed E-state index contributed by atoms with van der Waals surface area (Å²) in [5.74, 6) is 0.00922. The van der Waals surface area contributed by atoms with E-state index >= 15 is 0 Å². The van der Waals surface area contributed by atoms with Crippen LogP contribution in [0.1, 0.15) is 37.3 Å². The molecule has 1 aliphatic heterocycles. The number of aryl methyl sites for hydroxylation is 1. The summed E-state index contributed by atoms with van der Waals surface area (Å²) in [7, 11) is 1.65. The molecular weight excluding hydrogens is 330 g/mol. The van der Waals surface area contributed by atoms with E-state index in [1.165, 1.54) is 5.56 Å². The summed E-state index contributed by atoms with van der Waals surface area (Å²) in [6.45, 7) is 6.85. The molecule has 0 unspecified atom stereocenters. The molecule has 0 radical (unpaired) electrons. The Morgan fingerprint density at radius 1 is 1.23 bits per heavy atom. The molecule has 1 aromatic carbocycles. The van der Waals surface area contributed by atoms with Gasteiger partial charge in [-0.05, 0) is 38.7 Å². The van der Waals surface area contributed by atoms with Crippen LogP contribution in [0.3, 0.4) is 0 Å². The first-order chi connectivity index (χ1) is 12.4. The number of piperidine rings is 1. The highest BCUT2D eigenvalue weighted by Crippen LogP contribution is 2.29. The lowest BCUT2D eigenvalue weighted by atomic mass is 9.81. The van der Waals surface area contributed by atoms with Crippen molar-refractivity contribution in [3.8, 4) is 0 Å². The second-order valence-electron chi connectivity index (χ2n) is 7.33. The van der Waals surface area contributed by atoms with Crippen LogP contribution in [-0.2, 0) is 16.1 Å². The molecule has 0 saturated carbocycles. The Morgan fingerprint density at radius 3 is 2.65 bits per heavy atom. The third-order valence-corrected chi connectivity index (χ3v) is 4.91. The average molecular weight is 361 g/mol. The Bertz CT molecular complexity index is 603. The highest BCUT2D eigenvalue weighted by Gasteiger charge is 2.39. The molecule has 1 aromatic rings. The zero-order valence-electron chi connectivity index (χ0n) is 16.1. The van der Waals surface area contributed by atoms with Crippen molar-refractivity contribution in [3.05, 3.63) is 35.4 Å². The number of hydrogen-bond donors (Lipinski definition) is 2. The number of benzene rings is 1. The van der Waals surface area contributed by atoms with Gasteiger partial charge < -0.3 is 20.3 Å². The lowest BCUT2D eigenvalue weighted by Gasteiger charge is -2.39. The molecule has 1 aliphatic rings. The minimum atomic E-state index is -0.549. The molecule has 0 aromatic heterocycles. The van der Waals surface area contributed by atoms with Crippen LogP contribution in [0.2, 0.25) is 0 Å². The number of nitrogens with zero attached hydrogens (tertiary/aromatic N) is 1. The smallest absolute Gasteiger partial charge is 0.317 e. The number of methoxy groups -OCH3 is 1. The Morgan fingerprint density at radius 2 is 1.96 bits per heavy atom. The number of rotatable bonds is 7.